The molecule has 3 aromatic rings. The second-order valence-electron chi connectivity index (χ2n) is 5.31. The lowest BCUT2D eigenvalue weighted by atomic mass is 10.2. The summed E-state index contributed by atoms with van der Waals surface area (Å²) in [7, 11) is 0. The van der Waals surface area contributed by atoms with Gasteiger partial charge < -0.3 is 14.3 Å². The highest BCUT2D eigenvalue weighted by molar-refractivity contribution is 5.92. The molecule has 0 aliphatic heterocycles. The van der Waals surface area contributed by atoms with Crippen molar-refractivity contribution in [3.63, 3.8) is 0 Å². The van der Waals surface area contributed by atoms with Crippen LogP contribution in [0.25, 0.3) is 11.5 Å². The minimum absolute atomic E-state index is 0.0226. The molecule has 132 valence electrons. The summed E-state index contributed by atoms with van der Waals surface area (Å²) in [5.74, 6) is -0.727. The number of ether oxygens (including phenoxy) is 1. The second-order valence-corrected chi connectivity index (χ2v) is 5.31. The van der Waals surface area contributed by atoms with E-state index in [2.05, 4.69) is 10.2 Å². The van der Waals surface area contributed by atoms with Gasteiger partial charge in [0, 0.05) is 17.7 Å². The molecule has 0 aliphatic rings. The standard InChI is InChI=1S/C17H13N3O6/c1-10(25-17(22)13-4-2-3-5-14(13)21)15-18-19-16(26-15)11-6-8-12(9-7-11)20(23)24/h2-10,21H,1H3/t10-/m1/s1. The molecule has 0 saturated carbocycles. The van der Waals surface area contributed by atoms with Gasteiger partial charge in [0.15, 0.2) is 6.10 Å². The summed E-state index contributed by atoms with van der Waals surface area (Å²) < 4.78 is 10.7. The van der Waals surface area contributed by atoms with Crippen LogP contribution in [0.4, 0.5) is 5.69 Å². The average molecular weight is 355 g/mol. The van der Waals surface area contributed by atoms with Crippen LogP contribution in [0.1, 0.15) is 29.3 Å². The van der Waals surface area contributed by atoms with Gasteiger partial charge in [-0.1, -0.05) is 12.1 Å². The van der Waals surface area contributed by atoms with Crippen molar-refractivity contribution in [3.8, 4) is 17.2 Å². The van der Waals surface area contributed by atoms with Crippen LogP contribution in [0.15, 0.2) is 52.9 Å². The van der Waals surface area contributed by atoms with Gasteiger partial charge in [-0.15, -0.1) is 10.2 Å². The maximum atomic E-state index is 12.1. The molecule has 0 unspecified atom stereocenters. The van der Waals surface area contributed by atoms with Gasteiger partial charge in [-0.2, -0.15) is 0 Å². The number of benzene rings is 2. The van der Waals surface area contributed by atoms with Crippen LogP contribution in [0.5, 0.6) is 5.75 Å². The number of non-ortho nitro benzene ring substituents is 1. The quantitative estimate of drug-likeness (QED) is 0.419. The first-order valence-electron chi connectivity index (χ1n) is 7.53. The van der Waals surface area contributed by atoms with E-state index in [1.54, 1.807) is 19.1 Å². The molecule has 9 nitrogen and oxygen atoms in total. The number of rotatable bonds is 5. The lowest BCUT2D eigenvalue weighted by molar-refractivity contribution is -0.384. The van der Waals surface area contributed by atoms with Crippen LogP contribution >= 0.6 is 0 Å². The Morgan fingerprint density at radius 1 is 1.19 bits per heavy atom. The monoisotopic (exact) mass is 355 g/mol. The number of carbonyl (C=O) groups excluding carboxylic acids is 1. The highest BCUT2D eigenvalue weighted by Crippen LogP contribution is 2.26. The van der Waals surface area contributed by atoms with E-state index in [-0.39, 0.29) is 28.8 Å². The van der Waals surface area contributed by atoms with Crippen LogP contribution in [0, 0.1) is 10.1 Å². The van der Waals surface area contributed by atoms with Gasteiger partial charge in [-0.25, -0.2) is 4.79 Å². The van der Waals surface area contributed by atoms with Gasteiger partial charge >= 0.3 is 5.97 Å². The van der Waals surface area contributed by atoms with Crippen molar-refractivity contribution in [3.05, 3.63) is 70.1 Å². The maximum absolute atomic E-state index is 12.1. The SMILES string of the molecule is C[C@@H](OC(=O)c1ccccc1O)c1nnc(-c2ccc([N+](=O)[O-])cc2)o1. The summed E-state index contributed by atoms with van der Waals surface area (Å²) in [6.45, 7) is 1.55. The van der Waals surface area contributed by atoms with Crippen molar-refractivity contribution in [1.82, 2.24) is 10.2 Å². The summed E-state index contributed by atoms with van der Waals surface area (Å²) >= 11 is 0. The Morgan fingerprint density at radius 2 is 1.88 bits per heavy atom. The fourth-order valence-corrected chi connectivity index (χ4v) is 2.16. The first-order chi connectivity index (χ1) is 12.5. The molecule has 0 bridgehead atoms. The predicted octanol–water partition coefficient (Wildman–Crippen LogP) is 3.27. The van der Waals surface area contributed by atoms with Gasteiger partial charge in [0.05, 0.1) is 4.92 Å². The fourth-order valence-electron chi connectivity index (χ4n) is 2.16. The summed E-state index contributed by atoms with van der Waals surface area (Å²) in [5.41, 5.74) is 0.460. The van der Waals surface area contributed by atoms with Crippen LogP contribution < -0.4 is 0 Å². The predicted molar refractivity (Wildman–Crippen MR) is 88.3 cm³/mol. The largest absolute Gasteiger partial charge is 0.507 e. The average Bonchev–Trinajstić information content (AvgIpc) is 3.12. The third-order valence-electron chi connectivity index (χ3n) is 3.52. The van der Waals surface area contributed by atoms with Crippen molar-refractivity contribution in [1.29, 1.82) is 0 Å². The number of nitrogens with zero attached hydrogens (tertiary/aromatic N) is 3. The number of esters is 1. The van der Waals surface area contributed by atoms with Gasteiger partial charge in [0.25, 0.3) is 11.6 Å². The van der Waals surface area contributed by atoms with Gasteiger partial charge in [-0.3, -0.25) is 10.1 Å². The number of carbonyl (C=O) groups is 1. The topological polar surface area (TPSA) is 129 Å². The Hall–Kier alpha value is -3.75. The van der Waals surface area contributed by atoms with Crippen molar-refractivity contribution in [2.45, 2.75) is 13.0 Å². The Labute approximate surface area is 147 Å². The molecule has 0 amide bonds. The van der Waals surface area contributed by atoms with Gasteiger partial charge in [-0.05, 0) is 31.2 Å². The van der Waals surface area contributed by atoms with Crippen LogP contribution in [-0.4, -0.2) is 26.2 Å². The molecular formula is C17H13N3O6. The van der Waals surface area contributed by atoms with Gasteiger partial charge in [0.1, 0.15) is 11.3 Å². The van der Waals surface area contributed by atoms with E-state index >= 15 is 0 Å². The van der Waals surface area contributed by atoms with Crippen molar-refractivity contribution >= 4 is 11.7 Å². The fraction of sp³-hybridized carbons (Fsp3) is 0.118. The third-order valence-corrected chi connectivity index (χ3v) is 3.52. The minimum Gasteiger partial charge on any atom is -0.507 e. The Bertz CT molecular complexity index is 951. The maximum Gasteiger partial charge on any atom is 0.342 e. The number of para-hydroxylation sites is 1. The molecule has 0 saturated heterocycles. The zero-order valence-electron chi connectivity index (χ0n) is 13.5. The summed E-state index contributed by atoms with van der Waals surface area (Å²) in [6, 6.07) is 11.6. The highest BCUT2D eigenvalue weighted by Gasteiger charge is 2.21. The highest BCUT2D eigenvalue weighted by atomic mass is 16.6. The third kappa shape index (κ3) is 3.51. The number of nitro groups is 1. The molecule has 3 rings (SSSR count). The number of phenols is 1. The molecule has 1 N–H and O–H groups in total. The number of nitro benzene ring substituents is 1. The molecule has 0 aliphatic carbocycles. The molecule has 9 heteroatoms. The van der Waals surface area contributed by atoms with E-state index in [9.17, 15) is 20.0 Å². The molecule has 2 aromatic carbocycles. The summed E-state index contributed by atoms with van der Waals surface area (Å²) in [6.07, 6.45) is -0.846. The Kier molecular flexibility index (Phi) is 4.61. The number of aromatic hydroxyl groups is 1. The van der Waals surface area contributed by atoms with E-state index in [1.807, 2.05) is 0 Å². The number of hydrogen-bond acceptors (Lipinski definition) is 8. The van der Waals surface area contributed by atoms with Crippen molar-refractivity contribution < 1.29 is 24.0 Å². The molecule has 0 fully saturated rings. The zero-order chi connectivity index (χ0) is 18.7. The first kappa shape index (κ1) is 17.1. The van der Waals surface area contributed by atoms with E-state index < -0.39 is 17.0 Å². The molecule has 0 radical (unpaired) electrons. The van der Waals surface area contributed by atoms with E-state index in [1.165, 1.54) is 36.4 Å². The number of hydrogen-bond donors (Lipinski definition) is 1. The number of aromatic nitrogens is 2. The summed E-state index contributed by atoms with van der Waals surface area (Å²) in [4.78, 5) is 22.3. The normalized spacial score (nSPS) is 11.7. The smallest absolute Gasteiger partial charge is 0.342 e. The molecule has 1 heterocycles. The van der Waals surface area contributed by atoms with Crippen molar-refractivity contribution in [2.24, 2.45) is 0 Å². The van der Waals surface area contributed by atoms with Crippen LogP contribution in [0.3, 0.4) is 0 Å². The van der Waals surface area contributed by atoms with E-state index in [4.69, 9.17) is 9.15 Å². The Morgan fingerprint density at radius 3 is 2.54 bits per heavy atom. The van der Waals surface area contributed by atoms with Gasteiger partial charge in [0.2, 0.25) is 5.89 Å². The molecular weight excluding hydrogens is 342 g/mol. The molecule has 1 atom stereocenters. The number of phenolic OH excluding ortho intramolecular Hbond substituents is 1. The lowest BCUT2D eigenvalue weighted by Gasteiger charge is -2.10. The lowest BCUT2D eigenvalue weighted by Crippen LogP contribution is -2.09. The summed E-state index contributed by atoms with van der Waals surface area (Å²) in [5, 5.41) is 28.0. The van der Waals surface area contributed by atoms with Crippen LogP contribution in [0.2, 0.25) is 0 Å². The van der Waals surface area contributed by atoms with E-state index in [0.29, 0.717) is 5.56 Å². The molecule has 1 aromatic heterocycles. The zero-order valence-corrected chi connectivity index (χ0v) is 13.5. The van der Waals surface area contributed by atoms with E-state index in [0.717, 1.165) is 0 Å². The first-order valence-corrected chi connectivity index (χ1v) is 7.53. The Balaban J connectivity index is 1.73. The minimum atomic E-state index is -0.846. The molecule has 26 heavy (non-hydrogen) atoms. The second kappa shape index (κ2) is 7.01. The van der Waals surface area contributed by atoms with Crippen LogP contribution in [-0.2, 0) is 4.74 Å². The van der Waals surface area contributed by atoms with Crippen molar-refractivity contribution in [2.75, 3.05) is 0 Å². The molecule has 0 spiro atoms.